The number of carbonyl (C=O) groups is 1. The van der Waals surface area contributed by atoms with Crippen molar-refractivity contribution in [2.45, 2.75) is 40.0 Å². The molecule has 4 heteroatoms. The van der Waals surface area contributed by atoms with Crippen molar-refractivity contribution < 1.29 is 9.18 Å². The maximum atomic E-state index is 13.0. The number of hydrogen-bond acceptors (Lipinski definition) is 2. The first-order chi connectivity index (χ1) is 9.43. The lowest BCUT2D eigenvalue weighted by atomic mass is 9.88. The van der Waals surface area contributed by atoms with Crippen molar-refractivity contribution in [3.63, 3.8) is 0 Å². The van der Waals surface area contributed by atoms with Gasteiger partial charge in [-0.1, -0.05) is 13.8 Å². The molecule has 0 radical (unpaired) electrons. The van der Waals surface area contributed by atoms with Crippen LogP contribution in [0.3, 0.4) is 0 Å². The molecule has 1 unspecified atom stereocenters. The zero-order chi connectivity index (χ0) is 15.1. The van der Waals surface area contributed by atoms with Crippen molar-refractivity contribution in [3.8, 4) is 0 Å². The molecule has 0 fully saturated rings. The molecule has 0 bridgehead atoms. The van der Waals surface area contributed by atoms with Gasteiger partial charge in [0.2, 0.25) is 5.91 Å². The van der Waals surface area contributed by atoms with Gasteiger partial charge in [0, 0.05) is 12.1 Å². The predicted octanol–water partition coefficient (Wildman–Crippen LogP) is 3.47. The van der Waals surface area contributed by atoms with Gasteiger partial charge in [-0.25, -0.2) is 4.39 Å². The minimum absolute atomic E-state index is 0.0256. The zero-order valence-electron chi connectivity index (χ0n) is 12.6. The topological polar surface area (TPSA) is 55.1 Å². The summed E-state index contributed by atoms with van der Waals surface area (Å²) in [6.07, 6.45) is 2.25. The summed E-state index contributed by atoms with van der Waals surface area (Å²) >= 11 is 0. The van der Waals surface area contributed by atoms with Gasteiger partial charge in [0.25, 0.3) is 0 Å². The van der Waals surface area contributed by atoms with Crippen LogP contribution in [0.5, 0.6) is 0 Å². The van der Waals surface area contributed by atoms with Crippen LogP contribution in [0.1, 0.15) is 38.7 Å². The summed E-state index contributed by atoms with van der Waals surface area (Å²) in [4.78, 5) is 11.9. The summed E-state index contributed by atoms with van der Waals surface area (Å²) in [6, 6.07) is 4.37. The number of hydrogen-bond donors (Lipinski definition) is 2. The fourth-order valence-electron chi connectivity index (χ4n) is 2.32. The van der Waals surface area contributed by atoms with Crippen molar-refractivity contribution in [1.29, 1.82) is 0 Å². The number of amides is 1. The number of benzene rings is 1. The molecule has 20 heavy (non-hydrogen) atoms. The molecule has 0 aliphatic rings. The smallest absolute Gasteiger partial charge is 0.224 e. The Kier molecular flexibility index (Phi) is 6.65. The minimum Gasteiger partial charge on any atom is -0.330 e. The summed E-state index contributed by atoms with van der Waals surface area (Å²) in [5, 5.41) is 2.84. The maximum Gasteiger partial charge on any atom is 0.224 e. The van der Waals surface area contributed by atoms with E-state index in [1.807, 2.05) is 0 Å². The lowest BCUT2D eigenvalue weighted by Gasteiger charge is -2.19. The number of nitrogens with two attached hydrogens (primary N) is 1. The second-order valence-corrected chi connectivity index (χ2v) is 5.63. The molecule has 3 N–H and O–H groups in total. The Balaban J connectivity index is 2.51. The zero-order valence-corrected chi connectivity index (χ0v) is 12.6. The molecule has 3 nitrogen and oxygen atoms in total. The lowest BCUT2D eigenvalue weighted by Crippen LogP contribution is -2.18. The molecule has 0 heterocycles. The molecule has 112 valence electrons. The van der Waals surface area contributed by atoms with Crippen LogP contribution in [-0.2, 0) is 4.79 Å². The number of nitrogens with one attached hydrogen (secondary N) is 1. The Labute approximate surface area is 120 Å². The molecular weight excluding hydrogens is 255 g/mol. The molecule has 1 aromatic rings. The highest BCUT2D eigenvalue weighted by molar-refractivity contribution is 5.91. The highest BCUT2D eigenvalue weighted by Gasteiger charge is 2.14. The highest BCUT2D eigenvalue weighted by Crippen LogP contribution is 2.21. The van der Waals surface area contributed by atoms with Crippen LogP contribution < -0.4 is 11.1 Å². The van der Waals surface area contributed by atoms with Gasteiger partial charge in [0.15, 0.2) is 0 Å². The third-order valence-electron chi connectivity index (χ3n) is 3.68. The Morgan fingerprint density at radius 1 is 1.35 bits per heavy atom. The summed E-state index contributed by atoms with van der Waals surface area (Å²) in [6.45, 7) is 6.75. The maximum absolute atomic E-state index is 13.0. The van der Waals surface area contributed by atoms with E-state index < -0.39 is 0 Å². The fourth-order valence-corrected chi connectivity index (χ4v) is 2.32. The van der Waals surface area contributed by atoms with Gasteiger partial charge in [0.05, 0.1) is 0 Å². The van der Waals surface area contributed by atoms with Gasteiger partial charge in [-0.2, -0.15) is 0 Å². The monoisotopic (exact) mass is 280 g/mol. The average Bonchev–Trinajstić information content (AvgIpc) is 2.37. The van der Waals surface area contributed by atoms with Crippen LogP contribution in [0.4, 0.5) is 10.1 Å². The molecule has 1 atom stereocenters. The Bertz CT molecular complexity index is 446. The molecule has 0 spiro atoms. The van der Waals surface area contributed by atoms with Crippen LogP contribution in [0.2, 0.25) is 0 Å². The van der Waals surface area contributed by atoms with Crippen LogP contribution in [0.15, 0.2) is 18.2 Å². The van der Waals surface area contributed by atoms with Gasteiger partial charge >= 0.3 is 0 Å². The summed E-state index contributed by atoms with van der Waals surface area (Å²) in [5.74, 6) is 0.685. The Hall–Kier alpha value is -1.42. The minimum atomic E-state index is -0.289. The third-order valence-corrected chi connectivity index (χ3v) is 3.68. The van der Waals surface area contributed by atoms with Crippen molar-refractivity contribution >= 4 is 11.6 Å². The van der Waals surface area contributed by atoms with Gasteiger partial charge in [-0.3, -0.25) is 4.79 Å². The Morgan fingerprint density at radius 3 is 2.60 bits per heavy atom. The van der Waals surface area contributed by atoms with E-state index in [-0.39, 0.29) is 11.7 Å². The molecular formula is C16H25FN2O. The Morgan fingerprint density at radius 2 is 2.05 bits per heavy atom. The third kappa shape index (κ3) is 5.29. The largest absolute Gasteiger partial charge is 0.330 e. The average molecular weight is 280 g/mol. The molecule has 0 aliphatic carbocycles. The summed E-state index contributed by atoms with van der Waals surface area (Å²) in [5.41, 5.74) is 7.01. The van der Waals surface area contributed by atoms with Crippen LogP contribution in [0, 0.1) is 24.6 Å². The second kappa shape index (κ2) is 8.00. The van der Waals surface area contributed by atoms with E-state index in [1.54, 1.807) is 13.0 Å². The first kappa shape index (κ1) is 16.6. The SMILES string of the molecule is Cc1cc(F)ccc1NC(=O)CCC(CCN)C(C)C. The van der Waals surface area contributed by atoms with E-state index in [1.165, 1.54) is 12.1 Å². The second-order valence-electron chi connectivity index (χ2n) is 5.63. The number of anilines is 1. The molecule has 0 saturated heterocycles. The summed E-state index contributed by atoms with van der Waals surface area (Å²) < 4.78 is 13.0. The molecule has 1 amide bonds. The standard InChI is InChI=1S/C16H25FN2O/c1-11(2)13(8-9-18)4-7-16(20)19-15-6-5-14(17)10-12(15)3/h5-6,10-11,13H,4,7-9,18H2,1-3H3,(H,19,20). The molecule has 0 aliphatic heterocycles. The van der Waals surface area contributed by atoms with Crippen molar-refractivity contribution in [3.05, 3.63) is 29.6 Å². The van der Waals surface area contributed by atoms with Gasteiger partial charge in [-0.05, 0) is 61.9 Å². The number of halogens is 1. The van der Waals surface area contributed by atoms with Crippen molar-refractivity contribution in [2.24, 2.45) is 17.6 Å². The van der Waals surface area contributed by atoms with E-state index in [2.05, 4.69) is 19.2 Å². The predicted molar refractivity (Wildman–Crippen MR) is 81.0 cm³/mol. The van der Waals surface area contributed by atoms with Crippen LogP contribution >= 0.6 is 0 Å². The molecule has 1 aromatic carbocycles. The van der Waals surface area contributed by atoms with Gasteiger partial charge < -0.3 is 11.1 Å². The number of carbonyl (C=O) groups excluding carboxylic acids is 1. The van der Waals surface area contributed by atoms with Crippen molar-refractivity contribution in [2.75, 3.05) is 11.9 Å². The molecule has 0 aromatic heterocycles. The van der Waals surface area contributed by atoms with E-state index in [9.17, 15) is 9.18 Å². The van der Waals surface area contributed by atoms with Crippen LogP contribution in [-0.4, -0.2) is 12.5 Å². The quantitative estimate of drug-likeness (QED) is 0.803. The van der Waals surface area contributed by atoms with Crippen molar-refractivity contribution in [1.82, 2.24) is 0 Å². The van der Waals surface area contributed by atoms with E-state index in [0.717, 1.165) is 18.4 Å². The van der Waals surface area contributed by atoms with Gasteiger partial charge in [-0.15, -0.1) is 0 Å². The molecule has 1 rings (SSSR count). The molecule has 0 saturated carbocycles. The van der Waals surface area contributed by atoms with Crippen LogP contribution in [0.25, 0.3) is 0 Å². The van der Waals surface area contributed by atoms with E-state index >= 15 is 0 Å². The normalized spacial score (nSPS) is 12.5. The lowest BCUT2D eigenvalue weighted by molar-refractivity contribution is -0.116. The highest BCUT2D eigenvalue weighted by atomic mass is 19.1. The van der Waals surface area contributed by atoms with E-state index in [0.29, 0.717) is 30.5 Å². The number of aryl methyl sites for hydroxylation is 1. The van der Waals surface area contributed by atoms with Gasteiger partial charge in [0.1, 0.15) is 5.82 Å². The van der Waals surface area contributed by atoms with E-state index in [4.69, 9.17) is 5.73 Å². The fraction of sp³-hybridized carbons (Fsp3) is 0.562. The first-order valence-electron chi connectivity index (χ1n) is 7.20. The first-order valence-corrected chi connectivity index (χ1v) is 7.20. The number of rotatable bonds is 7. The summed E-state index contributed by atoms with van der Waals surface area (Å²) in [7, 11) is 0.